The van der Waals surface area contributed by atoms with E-state index < -0.39 is 0 Å². The van der Waals surface area contributed by atoms with Crippen molar-refractivity contribution in [2.45, 2.75) is 40.5 Å². The lowest BCUT2D eigenvalue weighted by molar-refractivity contribution is -0.936. The first-order valence-electron chi connectivity index (χ1n) is 11.0. The van der Waals surface area contributed by atoms with Crippen molar-refractivity contribution >= 4 is 0 Å². The van der Waals surface area contributed by atoms with E-state index in [2.05, 4.69) is 57.2 Å². The minimum absolute atomic E-state index is 0.553. The molecule has 0 spiro atoms. The van der Waals surface area contributed by atoms with Crippen LogP contribution in [0.15, 0.2) is 78.9 Å². The Bertz CT molecular complexity index is 819. The van der Waals surface area contributed by atoms with E-state index in [1.807, 2.05) is 42.5 Å². The fourth-order valence-electron chi connectivity index (χ4n) is 3.76. The van der Waals surface area contributed by atoms with Crippen LogP contribution in [0.5, 0.6) is 11.5 Å². The molecule has 0 aliphatic rings. The minimum Gasteiger partial charge on any atom is -0.489 e. The summed E-state index contributed by atoms with van der Waals surface area (Å²) in [6, 6.07) is 26.9. The molecule has 0 fully saturated rings. The normalized spacial score (nSPS) is 11.3. The summed E-state index contributed by atoms with van der Waals surface area (Å²) >= 11 is 0. The number of hydrogen-bond acceptors (Lipinski definition) is 2. The Kier molecular flexibility index (Phi) is 7.92. The molecule has 0 N–H and O–H groups in total. The summed E-state index contributed by atoms with van der Waals surface area (Å²) in [4.78, 5) is 0. The Morgan fingerprint density at radius 3 is 1.40 bits per heavy atom. The van der Waals surface area contributed by atoms with Gasteiger partial charge in [0, 0.05) is 11.6 Å². The molecule has 0 atom stereocenters. The molecule has 0 heterocycles. The number of nitrogens with zero attached hydrogens (tertiary/aromatic N) is 1. The molecule has 0 saturated heterocycles. The van der Waals surface area contributed by atoms with Crippen LogP contribution >= 0.6 is 0 Å². The summed E-state index contributed by atoms with van der Waals surface area (Å²) in [5.74, 6) is 1.72. The van der Waals surface area contributed by atoms with Gasteiger partial charge in [0.15, 0.2) is 0 Å². The molecule has 0 radical (unpaired) electrons. The molecular formula is C27H34NO2+. The summed E-state index contributed by atoms with van der Waals surface area (Å²) in [5, 5.41) is 0. The van der Waals surface area contributed by atoms with Gasteiger partial charge in [-0.3, -0.25) is 0 Å². The fraction of sp³-hybridized carbons (Fsp3) is 0.333. The lowest BCUT2D eigenvalue weighted by Crippen LogP contribution is -2.46. The molecule has 3 heteroatoms. The van der Waals surface area contributed by atoms with Crippen molar-refractivity contribution in [1.29, 1.82) is 0 Å². The monoisotopic (exact) mass is 404 g/mol. The lowest BCUT2D eigenvalue weighted by atomic mass is 10.1. The standard InChI is InChI=1S/C27H34NO2/c1-4-28(5-2,6-3)20-25-17-26(29-21-23-13-9-7-10-14-23)19-27(18-25)30-22-24-15-11-8-12-16-24/h7-19H,4-6,20-22H2,1-3H3/q+1. The topological polar surface area (TPSA) is 18.5 Å². The van der Waals surface area contributed by atoms with E-state index in [0.29, 0.717) is 13.2 Å². The van der Waals surface area contributed by atoms with Crippen LogP contribution in [0.1, 0.15) is 37.5 Å². The number of ether oxygens (including phenoxy) is 2. The summed E-state index contributed by atoms with van der Waals surface area (Å²) in [6.07, 6.45) is 0. The van der Waals surface area contributed by atoms with Gasteiger partial charge in [0.25, 0.3) is 0 Å². The van der Waals surface area contributed by atoms with Crippen molar-refractivity contribution in [3.05, 3.63) is 95.6 Å². The molecule has 0 bridgehead atoms. The largest absolute Gasteiger partial charge is 0.489 e. The Morgan fingerprint density at radius 1 is 0.567 bits per heavy atom. The maximum Gasteiger partial charge on any atom is 0.124 e. The molecular weight excluding hydrogens is 370 g/mol. The van der Waals surface area contributed by atoms with E-state index in [1.165, 1.54) is 5.56 Å². The van der Waals surface area contributed by atoms with Gasteiger partial charge in [0.2, 0.25) is 0 Å². The summed E-state index contributed by atoms with van der Waals surface area (Å²) in [7, 11) is 0. The quantitative estimate of drug-likeness (QED) is 0.353. The first kappa shape index (κ1) is 21.9. The van der Waals surface area contributed by atoms with E-state index >= 15 is 0 Å². The van der Waals surface area contributed by atoms with Crippen LogP contribution in [-0.2, 0) is 19.8 Å². The molecule has 0 saturated carbocycles. The fourth-order valence-corrected chi connectivity index (χ4v) is 3.76. The SMILES string of the molecule is CC[N+](CC)(CC)Cc1cc(OCc2ccccc2)cc(OCc2ccccc2)c1. The molecule has 3 aromatic carbocycles. The molecule has 3 aromatic rings. The average Bonchev–Trinajstić information content (AvgIpc) is 2.81. The van der Waals surface area contributed by atoms with Gasteiger partial charge in [-0.25, -0.2) is 0 Å². The highest BCUT2D eigenvalue weighted by molar-refractivity contribution is 5.38. The third-order valence-electron chi connectivity index (χ3n) is 5.97. The van der Waals surface area contributed by atoms with E-state index in [0.717, 1.165) is 53.3 Å². The Hall–Kier alpha value is -2.78. The van der Waals surface area contributed by atoms with Crippen molar-refractivity contribution < 1.29 is 14.0 Å². The zero-order chi connectivity index (χ0) is 21.2. The van der Waals surface area contributed by atoms with Crippen LogP contribution in [0.3, 0.4) is 0 Å². The van der Waals surface area contributed by atoms with E-state index in [9.17, 15) is 0 Å². The third-order valence-corrected chi connectivity index (χ3v) is 5.97. The van der Waals surface area contributed by atoms with Gasteiger partial charge in [0.1, 0.15) is 31.3 Å². The van der Waals surface area contributed by atoms with Crippen LogP contribution < -0.4 is 9.47 Å². The molecule has 30 heavy (non-hydrogen) atoms. The van der Waals surface area contributed by atoms with E-state index in [1.54, 1.807) is 0 Å². The van der Waals surface area contributed by atoms with Gasteiger partial charge in [-0.2, -0.15) is 0 Å². The second-order valence-corrected chi connectivity index (χ2v) is 7.81. The average molecular weight is 405 g/mol. The van der Waals surface area contributed by atoms with Gasteiger partial charge >= 0.3 is 0 Å². The van der Waals surface area contributed by atoms with Gasteiger partial charge in [-0.05, 0) is 44.0 Å². The van der Waals surface area contributed by atoms with Crippen LogP contribution in [-0.4, -0.2) is 24.1 Å². The van der Waals surface area contributed by atoms with Crippen molar-refractivity contribution in [3.63, 3.8) is 0 Å². The molecule has 0 aliphatic carbocycles. The smallest absolute Gasteiger partial charge is 0.124 e. The molecule has 0 amide bonds. The predicted molar refractivity (Wildman–Crippen MR) is 124 cm³/mol. The number of benzene rings is 3. The van der Waals surface area contributed by atoms with Gasteiger partial charge in [-0.1, -0.05) is 60.7 Å². The van der Waals surface area contributed by atoms with Gasteiger partial charge in [0.05, 0.1) is 19.6 Å². The zero-order valence-corrected chi connectivity index (χ0v) is 18.5. The number of rotatable bonds is 11. The van der Waals surface area contributed by atoms with Crippen molar-refractivity contribution in [2.24, 2.45) is 0 Å². The maximum atomic E-state index is 6.15. The van der Waals surface area contributed by atoms with E-state index in [-0.39, 0.29) is 0 Å². The predicted octanol–water partition coefficient (Wildman–Crippen LogP) is 6.22. The maximum absolute atomic E-state index is 6.15. The highest BCUT2D eigenvalue weighted by atomic mass is 16.5. The van der Waals surface area contributed by atoms with Crippen molar-refractivity contribution in [3.8, 4) is 11.5 Å². The zero-order valence-electron chi connectivity index (χ0n) is 18.5. The highest BCUT2D eigenvalue weighted by Gasteiger charge is 2.22. The first-order chi connectivity index (χ1) is 14.7. The van der Waals surface area contributed by atoms with Gasteiger partial charge in [-0.15, -0.1) is 0 Å². The molecule has 3 nitrogen and oxygen atoms in total. The van der Waals surface area contributed by atoms with Crippen molar-refractivity contribution in [1.82, 2.24) is 0 Å². The molecule has 0 aliphatic heterocycles. The summed E-state index contributed by atoms with van der Waals surface area (Å²) < 4.78 is 13.4. The van der Waals surface area contributed by atoms with E-state index in [4.69, 9.17) is 9.47 Å². The third kappa shape index (κ3) is 6.11. The summed E-state index contributed by atoms with van der Waals surface area (Å²) in [6.45, 7) is 12.2. The Morgan fingerprint density at radius 2 is 1.00 bits per heavy atom. The number of hydrogen-bond donors (Lipinski definition) is 0. The second kappa shape index (κ2) is 10.8. The first-order valence-corrected chi connectivity index (χ1v) is 11.0. The van der Waals surface area contributed by atoms with Crippen LogP contribution in [0.25, 0.3) is 0 Å². The molecule has 0 aromatic heterocycles. The molecule has 158 valence electrons. The minimum atomic E-state index is 0.553. The molecule has 3 rings (SSSR count). The lowest BCUT2D eigenvalue weighted by Gasteiger charge is -2.36. The number of quaternary nitrogens is 1. The van der Waals surface area contributed by atoms with Crippen LogP contribution in [0.4, 0.5) is 0 Å². The Labute approximate surface area is 181 Å². The molecule has 0 unspecified atom stereocenters. The summed E-state index contributed by atoms with van der Waals surface area (Å²) in [5.41, 5.74) is 3.58. The Balaban J connectivity index is 1.80. The van der Waals surface area contributed by atoms with Crippen molar-refractivity contribution in [2.75, 3.05) is 19.6 Å². The van der Waals surface area contributed by atoms with Gasteiger partial charge < -0.3 is 14.0 Å². The second-order valence-electron chi connectivity index (χ2n) is 7.81. The highest BCUT2D eigenvalue weighted by Crippen LogP contribution is 2.27. The van der Waals surface area contributed by atoms with Crippen LogP contribution in [0.2, 0.25) is 0 Å². The van der Waals surface area contributed by atoms with Crippen LogP contribution in [0, 0.1) is 0 Å².